The van der Waals surface area contributed by atoms with E-state index >= 15 is 0 Å². The van der Waals surface area contributed by atoms with Gasteiger partial charge in [0.1, 0.15) is 6.10 Å². The molecule has 0 radical (unpaired) electrons. The van der Waals surface area contributed by atoms with Crippen LogP contribution in [0.4, 0.5) is 0 Å². The number of carbonyl (C=O) groups is 1. The molecule has 0 aromatic rings. The molecule has 0 heterocycles. The van der Waals surface area contributed by atoms with E-state index in [0.29, 0.717) is 19.6 Å². The van der Waals surface area contributed by atoms with E-state index in [1.54, 1.807) is 0 Å². The highest BCUT2D eigenvalue weighted by molar-refractivity contribution is 5.69. The molecule has 0 aromatic heterocycles. The van der Waals surface area contributed by atoms with Gasteiger partial charge in [-0.1, -0.05) is 173 Å². The van der Waals surface area contributed by atoms with Gasteiger partial charge in [-0.15, -0.1) is 0 Å². The van der Waals surface area contributed by atoms with E-state index in [4.69, 9.17) is 9.47 Å². The third kappa shape index (κ3) is 35.4. The molecule has 0 bridgehead atoms. The Bertz CT molecular complexity index is 614. The summed E-state index contributed by atoms with van der Waals surface area (Å²) in [7, 11) is 0. The van der Waals surface area contributed by atoms with Crippen molar-refractivity contribution in [3.8, 4) is 0 Å². The van der Waals surface area contributed by atoms with Crippen LogP contribution in [0.2, 0.25) is 0 Å². The molecule has 0 saturated carbocycles. The summed E-state index contributed by atoms with van der Waals surface area (Å²) in [6.45, 7) is 5.33. The SMILES string of the molecule is CCCCCC/C=C\C/C=C\CCCCCCCCCCOCC(CO)OC(=O)CCCCCCCCCCCCCCC. The summed E-state index contributed by atoms with van der Waals surface area (Å²) in [5, 5.41) is 9.56. The lowest BCUT2D eigenvalue weighted by Crippen LogP contribution is -2.27. The highest BCUT2D eigenvalue weighted by Crippen LogP contribution is 2.14. The minimum atomic E-state index is -0.531. The Labute approximate surface area is 275 Å². The molecule has 44 heavy (non-hydrogen) atoms. The highest BCUT2D eigenvalue weighted by Gasteiger charge is 2.13. The number of hydrogen-bond donors (Lipinski definition) is 1. The lowest BCUT2D eigenvalue weighted by Gasteiger charge is -2.16. The van der Waals surface area contributed by atoms with Gasteiger partial charge in [-0.25, -0.2) is 0 Å². The minimum Gasteiger partial charge on any atom is -0.457 e. The fourth-order valence-corrected chi connectivity index (χ4v) is 5.59. The topological polar surface area (TPSA) is 55.8 Å². The van der Waals surface area contributed by atoms with Crippen LogP contribution in [0.5, 0.6) is 0 Å². The number of ether oxygens (including phenoxy) is 2. The quantitative estimate of drug-likeness (QED) is 0.0430. The zero-order valence-corrected chi connectivity index (χ0v) is 29.7. The molecule has 0 saturated heterocycles. The van der Waals surface area contributed by atoms with Crippen molar-refractivity contribution in [1.82, 2.24) is 0 Å². The van der Waals surface area contributed by atoms with Crippen molar-refractivity contribution in [1.29, 1.82) is 0 Å². The molecule has 0 fully saturated rings. The molecule has 0 amide bonds. The summed E-state index contributed by atoms with van der Waals surface area (Å²) in [5.41, 5.74) is 0. The largest absolute Gasteiger partial charge is 0.457 e. The monoisotopic (exact) mass is 621 g/mol. The zero-order valence-electron chi connectivity index (χ0n) is 29.7. The zero-order chi connectivity index (χ0) is 32.0. The fraction of sp³-hybridized carbons (Fsp3) is 0.875. The molecule has 4 nitrogen and oxygen atoms in total. The normalized spacial score (nSPS) is 12.5. The first-order valence-electron chi connectivity index (χ1n) is 19.4. The molecule has 0 aliphatic heterocycles. The van der Waals surface area contributed by atoms with Crippen LogP contribution >= 0.6 is 0 Å². The Kier molecular flexibility index (Phi) is 37.1. The predicted octanol–water partition coefficient (Wildman–Crippen LogP) is 12.4. The van der Waals surface area contributed by atoms with Crippen molar-refractivity contribution in [2.24, 2.45) is 0 Å². The van der Waals surface area contributed by atoms with Gasteiger partial charge in [0, 0.05) is 13.0 Å². The van der Waals surface area contributed by atoms with Crippen molar-refractivity contribution < 1.29 is 19.4 Å². The number of hydrogen-bond acceptors (Lipinski definition) is 4. The van der Waals surface area contributed by atoms with E-state index in [1.165, 1.54) is 154 Å². The molecule has 1 unspecified atom stereocenters. The van der Waals surface area contributed by atoms with E-state index in [1.807, 2.05) is 0 Å². The first-order valence-corrected chi connectivity index (χ1v) is 19.4. The average Bonchev–Trinajstić information content (AvgIpc) is 3.03. The first kappa shape index (κ1) is 42.9. The van der Waals surface area contributed by atoms with Gasteiger partial charge in [0.15, 0.2) is 0 Å². The van der Waals surface area contributed by atoms with Crippen LogP contribution in [-0.4, -0.2) is 37.0 Å². The summed E-state index contributed by atoms with van der Waals surface area (Å²) >= 11 is 0. The molecular weight excluding hydrogens is 544 g/mol. The number of carbonyl (C=O) groups excluding carboxylic acids is 1. The Balaban J connectivity index is 3.42. The molecule has 1 N–H and O–H groups in total. The van der Waals surface area contributed by atoms with Crippen molar-refractivity contribution in [2.75, 3.05) is 19.8 Å². The maximum absolute atomic E-state index is 12.1. The van der Waals surface area contributed by atoms with Crippen LogP contribution in [0.3, 0.4) is 0 Å². The molecular formula is C40H76O4. The third-order valence-corrected chi connectivity index (χ3v) is 8.53. The minimum absolute atomic E-state index is 0.170. The number of aliphatic hydroxyl groups is 1. The van der Waals surface area contributed by atoms with E-state index < -0.39 is 6.10 Å². The van der Waals surface area contributed by atoms with Crippen LogP contribution < -0.4 is 0 Å². The van der Waals surface area contributed by atoms with Gasteiger partial charge in [-0.3, -0.25) is 4.79 Å². The van der Waals surface area contributed by atoms with Crippen molar-refractivity contribution in [2.45, 2.75) is 206 Å². The summed E-state index contributed by atoms with van der Waals surface area (Å²) in [4.78, 5) is 12.1. The predicted molar refractivity (Wildman–Crippen MR) is 191 cm³/mol. The van der Waals surface area contributed by atoms with Crippen LogP contribution in [0, 0.1) is 0 Å². The molecule has 0 aliphatic carbocycles. The maximum atomic E-state index is 12.1. The second kappa shape index (κ2) is 38.1. The van der Waals surface area contributed by atoms with Crippen LogP contribution in [-0.2, 0) is 14.3 Å². The number of allylic oxidation sites excluding steroid dienone is 4. The molecule has 0 rings (SSSR count). The summed E-state index contributed by atoms with van der Waals surface area (Å²) in [6, 6.07) is 0. The smallest absolute Gasteiger partial charge is 0.306 e. The molecule has 0 aliphatic rings. The van der Waals surface area contributed by atoms with Gasteiger partial charge in [-0.2, -0.15) is 0 Å². The standard InChI is InChI=1S/C40H76O4/c1-3-5-7-9-11-13-15-17-18-19-20-21-22-24-26-28-30-32-34-36-43-38-39(37-41)44-40(42)35-33-31-29-27-25-23-16-14-12-10-8-6-4-2/h13,15,18-19,39,41H,3-12,14,16-17,20-38H2,1-2H3/b15-13-,19-18-. The van der Waals surface area contributed by atoms with Gasteiger partial charge in [0.2, 0.25) is 0 Å². The molecule has 1 atom stereocenters. The molecule has 260 valence electrons. The third-order valence-electron chi connectivity index (χ3n) is 8.53. The Morgan fingerprint density at radius 1 is 0.545 bits per heavy atom. The Hall–Kier alpha value is -1.13. The lowest BCUT2D eigenvalue weighted by atomic mass is 10.0. The molecule has 0 aromatic carbocycles. The van der Waals surface area contributed by atoms with Crippen LogP contribution in [0.15, 0.2) is 24.3 Å². The van der Waals surface area contributed by atoms with Gasteiger partial charge >= 0.3 is 5.97 Å². The van der Waals surface area contributed by atoms with Gasteiger partial charge < -0.3 is 14.6 Å². The number of unbranched alkanes of at least 4 members (excludes halogenated alkanes) is 24. The second-order valence-electron chi connectivity index (χ2n) is 13.0. The van der Waals surface area contributed by atoms with Crippen molar-refractivity contribution >= 4 is 5.97 Å². The maximum Gasteiger partial charge on any atom is 0.306 e. The summed E-state index contributed by atoms with van der Waals surface area (Å²) in [6.07, 6.45) is 45.0. The Morgan fingerprint density at radius 2 is 0.955 bits per heavy atom. The van der Waals surface area contributed by atoms with E-state index in [0.717, 1.165) is 25.7 Å². The Morgan fingerprint density at radius 3 is 1.43 bits per heavy atom. The van der Waals surface area contributed by atoms with Crippen molar-refractivity contribution in [3.05, 3.63) is 24.3 Å². The average molecular weight is 621 g/mol. The lowest BCUT2D eigenvalue weighted by molar-refractivity contribution is -0.154. The fourth-order valence-electron chi connectivity index (χ4n) is 5.59. The molecule has 0 spiro atoms. The number of rotatable bonds is 36. The van der Waals surface area contributed by atoms with E-state index in [9.17, 15) is 9.90 Å². The van der Waals surface area contributed by atoms with Gasteiger partial charge in [0.25, 0.3) is 0 Å². The molecule has 4 heteroatoms. The summed E-state index contributed by atoms with van der Waals surface area (Å²) < 4.78 is 11.1. The summed E-state index contributed by atoms with van der Waals surface area (Å²) in [5.74, 6) is -0.201. The highest BCUT2D eigenvalue weighted by atomic mass is 16.6. The first-order chi connectivity index (χ1) is 21.7. The van der Waals surface area contributed by atoms with Gasteiger partial charge in [0.05, 0.1) is 13.2 Å². The van der Waals surface area contributed by atoms with Crippen LogP contribution in [0.1, 0.15) is 200 Å². The van der Waals surface area contributed by atoms with Crippen LogP contribution in [0.25, 0.3) is 0 Å². The second-order valence-corrected chi connectivity index (χ2v) is 13.0. The van der Waals surface area contributed by atoms with Gasteiger partial charge in [-0.05, 0) is 44.9 Å². The van der Waals surface area contributed by atoms with E-state index in [-0.39, 0.29) is 12.6 Å². The number of aliphatic hydroxyl groups excluding tert-OH is 1. The number of esters is 1. The van der Waals surface area contributed by atoms with E-state index in [2.05, 4.69) is 38.2 Å². The van der Waals surface area contributed by atoms with Crippen molar-refractivity contribution in [3.63, 3.8) is 0 Å².